The maximum Gasteiger partial charge on any atom is 0.0614 e. The Morgan fingerprint density at radius 3 is 1.03 bits per heavy atom. The van der Waals surface area contributed by atoms with Crippen LogP contribution in [0.15, 0.2) is 0 Å². The standard InChI is InChI=1S/C6H15N.C6H14O.2C5H12O.C4H11N.C4H10O/c1-6(2)5-7(3)4;1-5(2)6(3,4)7;1-5(2)4-6-3;1-4(2)5(3)6;2*1-4(2)3-5/h6H,5H2,1-4H3;5,7H,1-4H3;5H,4H2,1-3H3;4-6H,1-3H3;4H,3,5H2,1-2H3;4-5H,3H2,1-2H3. The van der Waals surface area contributed by atoms with Gasteiger partial charge in [0.15, 0.2) is 0 Å². The molecule has 1 atom stereocenters. The smallest absolute Gasteiger partial charge is 0.0614 e. The van der Waals surface area contributed by atoms with Crippen molar-refractivity contribution in [3.05, 3.63) is 0 Å². The van der Waals surface area contributed by atoms with Crippen molar-refractivity contribution in [2.24, 2.45) is 41.2 Å². The molecule has 0 aliphatic carbocycles. The van der Waals surface area contributed by atoms with Crippen molar-refractivity contribution in [2.75, 3.05) is 47.5 Å². The molecular formula is C30H74N2O4. The van der Waals surface area contributed by atoms with Gasteiger partial charge in [-0.15, -0.1) is 0 Å². The van der Waals surface area contributed by atoms with Crippen LogP contribution in [-0.2, 0) is 4.74 Å². The van der Waals surface area contributed by atoms with Crippen LogP contribution in [0, 0.1) is 35.5 Å². The summed E-state index contributed by atoms with van der Waals surface area (Å²) in [6, 6.07) is 0. The quantitative estimate of drug-likeness (QED) is 0.302. The second-order valence-electron chi connectivity index (χ2n) is 12.5. The van der Waals surface area contributed by atoms with E-state index in [2.05, 4.69) is 60.5 Å². The van der Waals surface area contributed by atoms with E-state index in [1.54, 1.807) is 14.0 Å². The van der Waals surface area contributed by atoms with Crippen LogP contribution in [0.4, 0.5) is 0 Å². The summed E-state index contributed by atoms with van der Waals surface area (Å²) in [5, 5.41) is 25.9. The normalized spacial score (nSPS) is 11.6. The summed E-state index contributed by atoms with van der Waals surface area (Å²) in [5.41, 5.74) is 4.67. The number of nitrogens with two attached hydrogens (primary N) is 1. The number of hydrogen-bond donors (Lipinski definition) is 4. The molecule has 0 fully saturated rings. The number of nitrogens with zero attached hydrogens (tertiary/aromatic N) is 1. The first-order chi connectivity index (χ1) is 16.0. The summed E-state index contributed by atoms with van der Waals surface area (Å²) < 4.78 is 4.80. The first kappa shape index (κ1) is 48.8. The lowest BCUT2D eigenvalue weighted by Crippen LogP contribution is -2.25. The van der Waals surface area contributed by atoms with E-state index in [-0.39, 0.29) is 6.10 Å². The monoisotopic (exact) mass is 527 g/mol. The van der Waals surface area contributed by atoms with Gasteiger partial charge in [0.1, 0.15) is 0 Å². The van der Waals surface area contributed by atoms with Crippen molar-refractivity contribution in [3.8, 4) is 0 Å². The molecule has 36 heavy (non-hydrogen) atoms. The lowest BCUT2D eigenvalue weighted by molar-refractivity contribution is 0.0327. The van der Waals surface area contributed by atoms with Crippen LogP contribution < -0.4 is 5.73 Å². The van der Waals surface area contributed by atoms with Gasteiger partial charge in [-0.05, 0) is 83.5 Å². The topological polar surface area (TPSA) is 99.2 Å². The van der Waals surface area contributed by atoms with Crippen molar-refractivity contribution in [1.29, 1.82) is 0 Å². The molecule has 0 heterocycles. The van der Waals surface area contributed by atoms with Crippen molar-refractivity contribution in [1.82, 2.24) is 4.90 Å². The second-order valence-corrected chi connectivity index (χ2v) is 12.5. The molecule has 0 aromatic heterocycles. The van der Waals surface area contributed by atoms with Crippen molar-refractivity contribution < 1.29 is 20.1 Å². The molecule has 0 aliphatic rings. The van der Waals surface area contributed by atoms with Crippen LogP contribution in [0.5, 0.6) is 0 Å². The molecule has 0 bridgehead atoms. The number of ether oxygens (including phenoxy) is 1. The Kier molecular flexibility index (Phi) is 44.4. The van der Waals surface area contributed by atoms with E-state index in [0.717, 1.165) is 19.1 Å². The van der Waals surface area contributed by atoms with Gasteiger partial charge in [0.2, 0.25) is 0 Å². The number of methoxy groups -OCH3 is 1. The molecule has 6 heteroatoms. The zero-order valence-corrected chi connectivity index (χ0v) is 28.1. The molecule has 0 rings (SSSR count). The molecule has 5 N–H and O–H groups in total. The Bertz CT molecular complexity index is 342. The molecule has 0 aliphatic heterocycles. The largest absolute Gasteiger partial charge is 0.396 e. The number of aliphatic hydroxyl groups excluding tert-OH is 2. The van der Waals surface area contributed by atoms with E-state index >= 15 is 0 Å². The molecule has 1 unspecified atom stereocenters. The molecular weight excluding hydrogens is 452 g/mol. The molecule has 0 aromatic rings. The Balaban J connectivity index is -0.0000000754. The molecule has 0 saturated heterocycles. The van der Waals surface area contributed by atoms with Crippen molar-refractivity contribution in [2.45, 2.75) is 116 Å². The molecule has 228 valence electrons. The summed E-state index contributed by atoms with van der Waals surface area (Å²) in [5.74, 6) is 3.34. The molecule has 6 nitrogen and oxygen atoms in total. The van der Waals surface area contributed by atoms with Gasteiger partial charge in [0, 0.05) is 20.3 Å². The maximum absolute atomic E-state index is 9.09. The minimum Gasteiger partial charge on any atom is -0.396 e. The summed E-state index contributed by atoms with van der Waals surface area (Å²) in [4.78, 5) is 2.20. The third-order valence-corrected chi connectivity index (χ3v) is 4.44. The van der Waals surface area contributed by atoms with E-state index in [1.807, 2.05) is 55.4 Å². The molecule has 0 aromatic carbocycles. The van der Waals surface area contributed by atoms with Gasteiger partial charge in [-0.1, -0.05) is 83.1 Å². The highest BCUT2D eigenvalue weighted by molar-refractivity contribution is 4.68. The average molecular weight is 527 g/mol. The SMILES string of the molecule is CC(C)C(C)(C)O.CC(C)C(C)O.CC(C)CN.CC(C)CN(C)C.CC(C)CO.COCC(C)C. The van der Waals surface area contributed by atoms with E-state index in [0.29, 0.717) is 36.2 Å². The van der Waals surface area contributed by atoms with Crippen LogP contribution >= 0.6 is 0 Å². The Labute approximate surface area is 229 Å². The van der Waals surface area contributed by atoms with Gasteiger partial charge in [-0.25, -0.2) is 0 Å². The van der Waals surface area contributed by atoms with Gasteiger partial charge in [-0.3, -0.25) is 0 Å². The molecule has 0 amide bonds. The zero-order valence-electron chi connectivity index (χ0n) is 28.1. The zero-order chi connectivity index (χ0) is 30.7. The van der Waals surface area contributed by atoms with Gasteiger partial charge in [-0.2, -0.15) is 0 Å². The van der Waals surface area contributed by atoms with Gasteiger partial charge < -0.3 is 30.7 Å². The second kappa shape index (κ2) is 32.8. The predicted octanol–water partition coefficient (Wildman–Crippen LogP) is 6.17. The molecule has 0 saturated carbocycles. The van der Waals surface area contributed by atoms with Crippen LogP contribution in [0.2, 0.25) is 0 Å². The van der Waals surface area contributed by atoms with Crippen molar-refractivity contribution in [3.63, 3.8) is 0 Å². The lowest BCUT2D eigenvalue weighted by atomic mass is 9.95. The Morgan fingerprint density at radius 1 is 0.750 bits per heavy atom. The minimum absolute atomic E-state index is 0.148. The number of rotatable bonds is 8. The van der Waals surface area contributed by atoms with E-state index < -0.39 is 5.60 Å². The van der Waals surface area contributed by atoms with E-state index in [1.165, 1.54) is 6.54 Å². The number of aliphatic hydroxyl groups is 3. The first-order valence-electron chi connectivity index (χ1n) is 13.9. The van der Waals surface area contributed by atoms with Gasteiger partial charge in [0.05, 0.1) is 11.7 Å². The highest BCUT2D eigenvalue weighted by Crippen LogP contribution is 2.13. The fourth-order valence-electron chi connectivity index (χ4n) is 1.06. The molecule has 0 spiro atoms. The lowest BCUT2D eigenvalue weighted by Gasteiger charge is -2.21. The van der Waals surface area contributed by atoms with E-state index in [9.17, 15) is 0 Å². The summed E-state index contributed by atoms with van der Waals surface area (Å²) in [6.07, 6.45) is -0.148. The predicted molar refractivity (Wildman–Crippen MR) is 164 cm³/mol. The third-order valence-electron chi connectivity index (χ3n) is 4.44. The third kappa shape index (κ3) is 84.1. The van der Waals surface area contributed by atoms with Crippen LogP contribution in [-0.4, -0.2) is 79.4 Å². The highest BCUT2D eigenvalue weighted by atomic mass is 16.5. The van der Waals surface area contributed by atoms with E-state index in [4.69, 9.17) is 25.8 Å². The van der Waals surface area contributed by atoms with Crippen LogP contribution in [0.25, 0.3) is 0 Å². The summed E-state index contributed by atoms with van der Waals surface area (Å²) in [7, 11) is 5.92. The highest BCUT2D eigenvalue weighted by Gasteiger charge is 2.16. The van der Waals surface area contributed by atoms with Gasteiger partial charge in [0.25, 0.3) is 0 Å². The molecule has 0 radical (unpaired) electrons. The summed E-state index contributed by atoms with van der Waals surface area (Å²) in [6.45, 7) is 33.4. The minimum atomic E-state index is -0.500. The average Bonchev–Trinajstić information content (AvgIpc) is 2.68. The fourth-order valence-corrected chi connectivity index (χ4v) is 1.06. The summed E-state index contributed by atoms with van der Waals surface area (Å²) >= 11 is 0. The Morgan fingerprint density at radius 2 is 1.03 bits per heavy atom. The number of hydrogen-bond acceptors (Lipinski definition) is 6. The fraction of sp³-hybridized carbons (Fsp3) is 1.00. The van der Waals surface area contributed by atoms with Gasteiger partial charge >= 0.3 is 0 Å². The van der Waals surface area contributed by atoms with Crippen molar-refractivity contribution >= 4 is 0 Å². The maximum atomic E-state index is 9.09. The first-order valence-corrected chi connectivity index (χ1v) is 13.9. The van der Waals surface area contributed by atoms with Crippen LogP contribution in [0.3, 0.4) is 0 Å². The Hall–Kier alpha value is -0.240. The van der Waals surface area contributed by atoms with Crippen LogP contribution in [0.1, 0.15) is 104 Å².